The predicted octanol–water partition coefficient (Wildman–Crippen LogP) is 2.86. The van der Waals surface area contributed by atoms with Gasteiger partial charge in [-0.05, 0) is 30.2 Å². The third-order valence-electron chi connectivity index (χ3n) is 4.65. The summed E-state index contributed by atoms with van der Waals surface area (Å²) in [4.78, 5) is 29.5. The highest BCUT2D eigenvalue weighted by molar-refractivity contribution is 6.31. The van der Waals surface area contributed by atoms with Crippen LogP contribution in [0, 0.1) is 6.92 Å². The number of para-hydroxylation sites is 1. The van der Waals surface area contributed by atoms with Crippen molar-refractivity contribution in [1.82, 2.24) is 24.6 Å². The van der Waals surface area contributed by atoms with E-state index in [1.807, 2.05) is 49.4 Å². The van der Waals surface area contributed by atoms with Crippen LogP contribution in [0.15, 0.2) is 65.8 Å². The van der Waals surface area contributed by atoms with Gasteiger partial charge >= 0.3 is 0 Å². The van der Waals surface area contributed by atoms with E-state index < -0.39 is 0 Å². The van der Waals surface area contributed by atoms with Gasteiger partial charge in [0.05, 0.1) is 11.9 Å². The first-order valence-corrected chi connectivity index (χ1v) is 9.41. The Hall–Kier alpha value is -3.45. The molecular weight excluding hydrogens is 390 g/mol. The number of aryl methyl sites for hydroxylation is 1. The smallest absolute Gasteiger partial charge is 0.264 e. The Kier molecular flexibility index (Phi) is 5.14. The molecule has 0 radical (unpaired) electrons. The molecule has 4 aromatic rings. The standard InChI is InChI=1S/C21H18ClN5O2/c1-14-6-2-5-9-18(14)27-20-16(11-25-27)21(29)26(13-24-20)12-19(28)23-10-15-7-3-4-8-17(15)22/h2-9,11,13H,10,12H2,1H3,(H,23,28). The minimum absolute atomic E-state index is 0.137. The van der Waals surface area contributed by atoms with Crippen molar-refractivity contribution in [2.45, 2.75) is 20.0 Å². The zero-order valence-electron chi connectivity index (χ0n) is 15.7. The molecule has 7 nitrogen and oxygen atoms in total. The monoisotopic (exact) mass is 407 g/mol. The molecule has 0 fully saturated rings. The van der Waals surface area contributed by atoms with Crippen molar-refractivity contribution in [2.24, 2.45) is 0 Å². The Bertz CT molecular complexity index is 1260. The lowest BCUT2D eigenvalue weighted by atomic mass is 10.2. The van der Waals surface area contributed by atoms with Crippen LogP contribution in [0.3, 0.4) is 0 Å². The van der Waals surface area contributed by atoms with Crippen LogP contribution in [0.25, 0.3) is 16.7 Å². The van der Waals surface area contributed by atoms with Gasteiger partial charge < -0.3 is 5.32 Å². The lowest BCUT2D eigenvalue weighted by molar-refractivity contribution is -0.121. The lowest BCUT2D eigenvalue weighted by Gasteiger charge is -2.09. The first-order valence-electron chi connectivity index (χ1n) is 9.04. The summed E-state index contributed by atoms with van der Waals surface area (Å²) >= 11 is 6.10. The highest BCUT2D eigenvalue weighted by Gasteiger charge is 2.14. The number of hydrogen-bond donors (Lipinski definition) is 1. The highest BCUT2D eigenvalue weighted by Crippen LogP contribution is 2.17. The first kappa shape index (κ1) is 18.9. The number of rotatable bonds is 5. The predicted molar refractivity (Wildman–Crippen MR) is 111 cm³/mol. The molecule has 2 aromatic heterocycles. The molecule has 29 heavy (non-hydrogen) atoms. The maximum Gasteiger partial charge on any atom is 0.264 e. The van der Waals surface area contributed by atoms with Crippen molar-refractivity contribution in [3.8, 4) is 5.69 Å². The van der Waals surface area contributed by atoms with Crippen LogP contribution in [0.5, 0.6) is 0 Å². The Morgan fingerprint density at radius 3 is 2.69 bits per heavy atom. The number of benzene rings is 2. The van der Waals surface area contributed by atoms with Gasteiger partial charge in [0.15, 0.2) is 5.65 Å². The molecule has 2 aromatic carbocycles. The molecule has 1 N–H and O–H groups in total. The number of fused-ring (bicyclic) bond motifs is 1. The van der Waals surface area contributed by atoms with E-state index >= 15 is 0 Å². The largest absolute Gasteiger partial charge is 0.350 e. The number of amides is 1. The second-order valence-corrected chi connectivity index (χ2v) is 7.03. The van der Waals surface area contributed by atoms with E-state index in [4.69, 9.17) is 11.6 Å². The summed E-state index contributed by atoms with van der Waals surface area (Å²) in [6.07, 6.45) is 2.85. The van der Waals surface area contributed by atoms with Crippen molar-refractivity contribution in [3.05, 3.63) is 87.6 Å². The van der Waals surface area contributed by atoms with Gasteiger partial charge in [0.25, 0.3) is 5.56 Å². The maximum atomic E-state index is 12.8. The summed E-state index contributed by atoms with van der Waals surface area (Å²) in [5.74, 6) is -0.306. The van der Waals surface area contributed by atoms with Gasteiger partial charge in [0.1, 0.15) is 18.3 Å². The van der Waals surface area contributed by atoms with E-state index in [-0.39, 0.29) is 24.6 Å². The molecule has 4 rings (SSSR count). The van der Waals surface area contributed by atoms with Gasteiger partial charge in [0, 0.05) is 11.6 Å². The van der Waals surface area contributed by atoms with Crippen LogP contribution in [-0.2, 0) is 17.9 Å². The van der Waals surface area contributed by atoms with Crippen molar-refractivity contribution in [3.63, 3.8) is 0 Å². The fourth-order valence-corrected chi connectivity index (χ4v) is 3.29. The fraction of sp³-hybridized carbons (Fsp3) is 0.143. The number of aromatic nitrogens is 4. The molecule has 2 heterocycles. The number of nitrogens with zero attached hydrogens (tertiary/aromatic N) is 4. The van der Waals surface area contributed by atoms with Crippen LogP contribution >= 0.6 is 11.6 Å². The molecular formula is C21H18ClN5O2. The molecule has 1 amide bonds. The number of carbonyl (C=O) groups excluding carboxylic acids is 1. The Morgan fingerprint density at radius 2 is 1.90 bits per heavy atom. The SMILES string of the molecule is Cc1ccccc1-n1ncc2c(=O)n(CC(=O)NCc3ccccc3Cl)cnc21. The summed E-state index contributed by atoms with van der Waals surface area (Å²) in [6.45, 7) is 2.11. The minimum Gasteiger partial charge on any atom is -0.350 e. The van der Waals surface area contributed by atoms with Crippen LogP contribution in [0.1, 0.15) is 11.1 Å². The molecule has 146 valence electrons. The number of nitrogens with one attached hydrogen (secondary N) is 1. The molecule has 0 atom stereocenters. The molecule has 0 unspecified atom stereocenters. The summed E-state index contributed by atoms with van der Waals surface area (Å²) in [7, 11) is 0. The number of carbonyl (C=O) groups is 1. The lowest BCUT2D eigenvalue weighted by Crippen LogP contribution is -2.32. The quantitative estimate of drug-likeness (QED) is 0.551. The van der Waals surface area contributed by atoms with Crippen molar-refractivity contribution in [1.29, 1.82) is 0 Å². The minimum atomic E-state index is -0.317. The summed E-state index contributed by atoms with van der Waals surface area (Å²) < 4.78 is 2.90. The van der Waals surface area contributed by atoms with Gasteiger partial charge in [-0.1, -0.05) is 48.0 Å². The maximum absolute atomic E-state index is 12.8. The molecule has 8 heteroatoms. The average molecular weight is 408 g/mol. The van der Waals surface area contributed by atoms with Crippen molar-refractivity contribution < 1.29 is 4.79 Å². The molecule has 0 bridgehead atoms. The molecule has 0 aliphatic carbocycles. The zero-order chi connectivity index (χ0) is 20.4. The summed E-state index contributed by atoms with van der Waals surface area (Å²) in [5.41, 5.74) is 2.81. The van der Waals surface area contributed by atoms with E-state index in [0.717, 1.165) is 16.8 Å². The van der Waals surface area contributed by atoms with E-state index in [1.165, 1.54) is 17.1 Å². The Labute approximate surface area is 171 Å². The van der Waals surface area contributed by atoms with E-state index in [2.05, 4.69) is 15.4 Å². The topological polar surface area (TPSA) is 81.8 Å². The van der Waals surface area contributed by atoms with Crippen molar-refractivity contribution in [2.75, 3.05) is 0 Å². The highest BCUT2D eigenvalue weighted by atomic mass is 35.5. The van der Waals surface area contributed by atoms with E-state index in [0.29, 0.717) is 16.1 Å². The fourth-order valence-electron chi connectivity index (χ4n) is 3.08. The Morgan fingerprint density at radius 1 is 1.14 bits per heavy atom. The number of hydrogen-bond acceptors (Lipinski definition) is 4. The van der Waals surface area contributed by atoms with E-state index in [9.17, 15) is 9.59 Å². The normalized spacial score (nSPS) is 11.0. The second kappa shape index (κ2) is 7.89. The summed E-state index contributed by atoms with van der Waals surface area (Å²) in [6, 6.07) is 15.0. The van der Waals surface area contributed by atoms with Crippen LogP contribution < -0.4 is 10.9 Å². The first-order chi connectivity index (χ1) is 14.0. The molecule has 0 aliphatic heterocycles. The van der Waals surface area contributed by atoms with Gasteiger partial charge in [-0.15, -0.1) is 0 Å². The van der Waals surface area contributed by atoms with Crippen LogP contribution in [0.4, 0.5) is 0 Å². The average Bonchev–Trinajstić information content (AvgIpc) is 3.14. The third-order valence-corrected chi connectivity index (χ3v) is 5.01. The van der Waals surface area contributed by atoms with Gasteiger partial charge in [-0.3, -0.25) is 14.2 Å². The Balaban J connectivity index is 1.56. The molecule has 0 aliphatic rings. The van der Waals surface area contributed by atoms with Gasteiger partial charge in [-0.2, -0.15) is 5.10 Å². The van der Waals surface area contributed by atoms with E-state index in [1.54, 1.807) is 10.7 Å². The van der Waals surface area contributed by atoms with Crippen molar-refractivity contribution >= 4 is 28.5 Å². The summed E-state index contributed by atoms with van der Waals surface area (Å²) in [5, 5.41) is 8.03. The number of halogens is 1. The third kappa shape index (κ3) is 3.77. The second-order valence-electron chi connectivity index (χ2n) is 6.63. The van der Waals surface area contributed by atoms with Gasteiger partial charge in [0.2, 0.25) is 5.91 Å². The molecule has 0 saturated carbocycles. The zero-order valence-corrected chi connectivity index (χ0v) is 16.4. The van der Waals surface area contributed by atoms with Crippen LogP contribution in [0.2, 0.25) is 5.02 Å². The molecule has 0 spiro atoms. The van der Waals surface area contributed by atoms with Crippen LogP contribution in [-0.4, -0.2) is 25.2 Å². The van der Waals surface area contributed by atoms with Gasteiger partial charge in [-0.25, -0.2) is 9.67 Å². The molecule has 0 saturated heterocycles.